The Bertz CT molecular complexity index is 3410. The Balaban J connectivity index is 1.22. The number of fused-ring (bicyclic) bond motifs is 10. The molecule has 0 aromatic heterocycles. The SMILES string of the molecule is Cc1ccc(N(c2ccc(C(C)C)cc2)c2ccc3c4c(c5ccccc5c3c2)-c2ccc3cc(N(c5ccc(C(C)C)cc5)c5ccc([Si](C)(C)C)cc5)ccc3c2C4([Si](C)(C)C)[Si](C)(C)C)cc1. The zero-order valence-corrected chi connectivity index (χ0v) is 47.2. The summed E-state index contributed by atoms with van der Waals surface area (Å²) in [7, 11) is -5.73. The van der Waals surface area contributed by atoms with Crippen molar-refractivity contribution in [2.24, 2.45) is 0 Å². The van der Waals surface area contributed by atoms with E-state index in [4.69, 9.17) is 0 Å². The van der Waals surface area contributed by atoms with E-state index < -0.39 is 24.2 Å². The molecule has 1 aliphatic carbocycles. The lowest BCUT2D eigenvalue weighted by molar-refractivity contribution is 0.866. The lowest BCUT2D eigenvalue weighted by atomic mass is 9.91. The molecule has 0 unspecified atom stereocenters. The van der Waals surface area contributed by atoms with E-state index >= 15 is 0 Å². The fraction of sp³-hybridized carbons (Fsp3) is 0.262. The number of hydrogen-bond donors (Lipinski definition) is 0. The van der Waals surface area contributed by atoms with Gasteiger partial charge in [0.1, 0.15) is 0 Å². The molecule has 0 aliphatic heterocycles. The second-order valence-corrected chi connectivity index (χ2v) is 40.0. The van der Waals surface area contributed by atoms with Crippen LogP contribution in [0.4, 0.5) is 34.1 Å². The summed E-state index contributed by atoms with van der Waals surface area (Å²) in [4.78, 5) is 4.93. The fourth-order valence-corrected chi connectivity index (χ4v) is 26.7. The van der Waals surface area contributed by atoms with Crippen molar-refractivity contribution < 1.29 is 0 Å². The Kier molecular flexibility index (Phi) is 11.8. The first-order chi connectivity index (χ1) is 33.2. The minimum atomic E-state index is -2.13. The summed E-state index contributed by atoms with van der Waals surface area (Å²) >= 11 is 0. The first-order valence-corrected chi connectivity index (χ1v) is 36.2. The molecule has 9 aromatic carbocycles. The molecule has 2 nitrogen and oxygen atoms in total. The third-order valence-corrected chi connectivity index (χ3v) is 27.8. The summed E-state index contributed by atoms with van der Waals surface area (Å²) in [5.41, 5.74) is 17.1. The summed E-state index contributed by atoms with van der Waals surface area (Å²) in [5.74, 6) is 0.942. The van der Waals surface area contributed by atoms with Crippen LogP contribution in [0.1, 0.15) is 67.3 Å². The van der Waals surface area contributed by atoms with Crippen molar-refractivity contribution in [1.82, 2.24) is 0 Å². The monoisotopic (exact) mass is 965 g/mol. The van der Waals surface area contributed by atoms with Crippen molar-refractivity contribution >= 4 is 95.9 Å². The first-order valence-electron chi connectivity index (χ1n) is 25.7. The zero-order valence-electron chi connectivity index (χ0n) is 44.2. The molecular formula is C65H72N2Si3. The van der Waals surface area contributed by atoms with Gasteiger partial charge in [0.15, 0.2) is 0 Å². The maximum absolute atomic E-state index is 2.67. The Morgan fingerprint density at radius 3 is 1.31 bits per heavy atom. The van der Waals surface area contributed by atoms with E-state index in [1.165, 1.54) is 99.4 Å². The number of rotatable bonds is 11. The van der Waals surface area contributed by atoms with Crippen LogP contribution in [0.2, 0.25) is 58.9 Å². The number of hydrogen-bond acceptors (Lipinski definition) is 2. The predicted molar refractivity (Wildman–Crippen MR) is 317 cm³/mol. The molecule has 1 aliphatic rings. The number of nitrogens with zero attached hydrogens (tertiary/aromatic N) is 2. The normalized spacial score (nSPS) is 13.7. The molecular weight excluding hydrogens is 893 g/mol. The standard InChI is InChI=1S/C65H72N2Si3/c1-43(2)46-21-28-50(29-22-46)66(52-32-36-55(37-33-52)68(6,7)8)53-34-39-56-48(41-53)25-38-60-62-58-18-16-15-17-57(58)61-42-54(35-40-59(61)64(62)65(63(56)60,69(9,10)11)70(12,13)14)67(49-26-19-45(5)20-27-49)51-30-23-47(24-31-51)44(3)4/h15-44H,1-14H3. The molecule has 0 atom stereocenters. The van der Waals surface area contributed by atoms with Crippen molar-refractivity contribution in [3.8, 4) is 11.1 Å². The van der Waals surface area contributed by atoms with Gasteiger partial charge in [-0.1, -0.05) is 194 Å². The van der Waals surface area contributed by atoms with Gasteiger partial charge in [-0.15, -0.1) is 0 Å². The second kappa shape index (κ2) is 17.4. The van der Waals surface area contributed by atoms with Gasteiger partial charge < -0.3 is 9.80 Å². The summed E-state index contributed by atoms with van der Waals surface area (Å²) in [6.07, 6.45) is 0. The van der Waals surface area contributed by atoms with Crippen molar-refractivity contribution in [2.45, 2.75) is 110 Å². The predicted octanol–water partition coefficient (Wildman–Crippen LogP) is 19.2. The first kappa shape index (κ1) is 47.7. The van der Waals surface area contributed by atoms with Gasteiger partial charge in [0.2, 0.25) is 0 Å². The summed E-state index contributed by atoms with van der Waals surface area (Å²) in [6.45, 7) is 34.6. The van der Waals surface area contributed by atoms with Gasteiger partial charge in [0.05, 0.1) is 24.2 Å². The second-order valence-electron chi connectivity index (χ2n) is 24.0. The molecule has 0 heterocycles. The van der Waals surface area contributed by atoms with Gasteiger partial charge in [-0.05, 0) is 157 Å². The highest BCUT2D eigenvalue weighted by atomic mass is 28.4. The molecule has 0 saturated carbocycles. The van der Waals surface area contributed by atoms with E-state index in [2.05, 4.69) is 273 Å². The molecule has 0 saturated heterocycles. The van der Waals surface area contributed by atoms with Crippen molar-refractivity contribution in [2.75, 3.05) is 9.80 Å². The van der Waals surface area contributed by atoms with E-state index in [1.807, 2.05) is 0 Å². The van der Waals surface area contributed by atoms with Gasteiger partial charge in [-0.2, -0.15) is 0 Å². The highest BCUT2D eigenvalue weighted by Gasteiger charge is 2.60. The van der Waals surface area contributed by atoms with Crippen LogP contribution in [0, 0.1) is 6.92 Å². The lowest BCUT2D eigenvalue weighted by Gasteiger charge is -2.52. The highest BCUT2D eigenvalue weighted by molar-refractivity contribution is 7.00. The lowest BCUT2D eigenvalue weighted by Crippen LogP contribution is -2.63. The molecule has 9 aromatic rings. The topological polar surface area (TPSA) is 6.48 Å². The van der Waals surface area contributed by atoms with E-state index in [-0.39, 0.29) is 4.66 Å². The maximum Gasteiger partial charge on any atom is 0.0775 e. The van der Waals surface area contributed by atoms with Crippen LogP contribution >= 0.6 is 0 Å². The Morgan fingerprint density at radius 1 is 0.386 bits per heavy atom. The van der Waals surface area contributed by atoms with Crippen LogP contribution in [0.15, 0.2) is 170 Å². The minimum absolute atomic E-state index is 0.0994. The molecule has 0 spiro atoms. The van der Waals surface area contributed by atoms with Crippen LogP contribution in [0.3, 0.4) is 0 Å². The smallest absolute Gasteiger partial charge is 0.0775 e. The van der Waals surface area contributed by atoms with Gasteiger partial charge in [-0.25, -0.2) is 0 Å². The number of aryl methyl sites for hydroxylation is 1. The van der Waals surface area contributed by atoms with Gasteiger partial charge in [0, 0.05) is 38.8 Å². The largest absolute Gasteiger partial charge is 0.310 e. The summed E-state index contributed by atoms with van der Waals surface area (Å²) < 4.78 is -0.0994. The minimum Gasteiger partial charge on any atom is -0.310 e. The summed E-state index contributed by atoms with van der Waals surface area (Å²) in [5, 5.41) is 9.60. The molecule has 0 N–H and O–H groups in total. The molecule has 10 rings (SSSR count). The van der Waals surface area contributed by atoms with Crippen LogP contribution in [-0.4, -0.2) is 24.2 Å². The van der Waals surface area contributed by atoms with Crippen LogP contribution in [0.25, 0.3) is 43.4 Å². The number of benzene rings is 9. The maximum atomic E-state index is 2.67. The van der Waals surface area contributed by atoms with Crippen LogP contribution in [-0.2, 0) is 4.66 Å². The molecule has 0 radical (unpaired) electrons. The Hall–Kier alpha value is -5.99. The van der Waals surface area contributed by atoms with Crippen molar-refractivity contribution in [3.05, 3.63) is 198 Å². The Labute approximate surface area is 422 Å². The molecule has 5 heteroatoms. The fourth-order valence-electron chi connectivity index (χ4n) is 12.5. The Morgan fingerprint density at radius 2 is 0.829 bits per heavy atom. The molecule has 0 fully saturated rings. The van der Waals surface area contributed by atoms with Gasteiger partial charge in [-0.3, -0.25) is 0 Å². The van der Waals surface area contributed by atoms with Crippen molar-refractivity contribution in [3.63, 3.8) is 0 Å². The number of anilines is 6. The van der Waals surface area contributed by atoms with Crippen LogP contribution < -0.4 is 15.0 Å². The summed E-state index contributed by atoms with van der Waals surface area (Å²) in [6, 6.07) is 66.0. The zero-order chi connectivity index (χ0) is 49.7. The molecule has 0 bridgehead atoms. The van der Waals surface area contributed by atoms with E-state index in [0.717, 1.165) is 0 Å². The van der Waals surface area contributed by atoms with Gasteiger partial charge in [0.25, 0.3) is 0 Å². The van der Waals surface area contributed by atoms with E-state index in [9.17, 15) is 0 Å². The molecule has 70 heavy (non-hydrogen) atoms. The average molecular weight is 966 g/mol. The third-order valence-electron chi connectivity index (χ3n) is 15.7. The van der Waals surface area contributed by atoms with Gasteiger partial charge >= 0.3 is 0 Å². The third kappa shape index (κ3) is 7.80. The van der Waals surface area contributed by atoms with Crippen molar-refractivity contribution in [1.29, 1.82) is 0 Å². The highest BCUT2D eigenvalue weighted by Crippen LogP contribution is 2.63. The van der Waals surface area contributed by atoms with E-state index in [1.54, 1.807) is 11.1 Å². The van der Waals surface area contributed by atoms with E-state index in [0.29, 0.717) is 11.8 Å². The molecule has 0 amide bonds. The van der Waals surface area contributed by atoms with Crippen LogP contribution in [0.5, 0.6) is 0 Å². The quantitative estimate of drug-likeness (QED) is 0.0941. The molecule has 354 valence electrons. The average Bonchev–Trinajstić information content (AvgIpc) is 3.67.